The van der Waals surface area contributed by atoms with Gasteiger partial charge in [0.15, 0.2) is 11.6 Å². The third kappa shape index (κ3) is 6.00. The lowest BCUT2D eigenvalue weighted by molar-refractivity contribution is -0.144. The summed E-state index contributed by atoms with van der Waals surface area (Å²) in [5.74, 6) is 3.46. The molecule has 4 rings (SSSR count). The van der Waals surface area contributed by atoms with E-state index in [1.54, 1.807) is 6.07 Å². The number of hydrogen-bond acceptors (Lipinski definition) is 3. The summed E-state index contributed by atoms with van der Waals surface area (Å²) >= 11 is 0. The molecular formula is C29H41FO3. The predicted octanol–water partition coefficient (Wildman–Crippen LogP) is 7.74. The Hall–Kier alpha value is -1.84. The minimum Gasteiger partial charge on any atom is -0.494 e. The maximum absolute atomic E-state index is 14.0. The Bertz CT molecular complexity index is 811. The number of carbonyl (C=O) groups excluding carboxylic acids is 1. The lowest BCUT2D eigenvalue weighted by Gasteiger charge is -2.46. The van der Waals surface area contributed by atoms with E-state index < -0.39 is 5.82 Å². The normalized spacial score (nSPS) is 32.3. The molecule has 0 N–H and O–H groups in total. The second-order valence-corrected chi connectivity index (χ2v) is 10.7. The summed E-state index contributed by atoms with van der Waals surface area (Å²) in [4.78, 5) is 13.0. The van der Waals surface area contributed by atoms with Crippen molar-refractivity contribution in [2.75, 3.05) is 7.11 Å². The number of hydrogen-bond donors (Lipinski definition) is 0. The zero-order valence-electron chi connectivity index (χ0n) is 20.4. The van der Waals surface area contributed by atoms with Gasteiger partial charge in [0.2, 0.25) is 0 Å². The summed E-state index contributed by atoms with van der Waals surface area (Å²) in [6, 6.07) is 4.39. The Balaban J connectivity index is 1.29. The molecule has 0 bridgehead atoms. The minimum atomic E-state index is -0.499. The van der Waals surface area contributed by atoms with E-state index in [2.05, 4.69) is 19.1 Å². The van der Waals surface area contributed by atoms with Crippen LogP contribution >= 0.6 is 0 Å². The lowest BCUT2D eigenvalue weighted by Crippen LogP contribution is -2.40. The van der Waals surface area contributed by atoms with Crippen molar-refractivity contribution in [2.45, 2.75) is 84.0 Å². The monoisotopic (exact) mass is 456 g/mol. The van der Waals surface area contributed by atoms with Crippen LogP contribution in [0.3, 0.4) is 0 Å². The second kappa shape index (κ2) is 11.5. The number of ether oxygens (including phenoxy) is 2. The Kier molecular flexibility index (Phi) is 8.49. The fraction of sp³-hybridized carbons (Fsp3) is 0.690. The fourth-order valence-electron chi connectivity index (χ4n) is 7.07. The zero-order chi connectivity index (χ0) is 23.2. The van der Waals surface area contributed by atoms with Crippen molar-refractivity contribution >= 4 is 5.97 Å². The molecule has 182 valence electrons. The molecule has 0 aliphatic heterocycles. The smallest absolute Gasteiger partial charge is 0.314 e. The number of allylic oxidation sites excluding steroid dienone is 2. The number of rotatable bonds is 7. The molecule has 0 aromatic heterocycles. The fourth-order valence-corrected chi connectivity index (χ4v) is 7.07. The number of benzene rings is 1. The summed E-state index contributed by atoms with van der Waals surface area (Å²) in [6.07, 6.45) is 19.6. The molecule has 33 heavy (non-hydrogen) atoms. The van der Waals surface area contributed by atoms with Gasteiger partial charge in [-0.1, -0.05) is 37.8 Å². The number of fused-ring (bicyclic) bond motifs is 1. The topological polar surface area (TPSA) is 35.5 Å². The standard InChI is InChI=1S/C29H41FO3/c1-3-4-5-7-20-10-12-21(13-11-20)22-14-16-25-23(18-22)8-6-9-26(25)29(31)33-24-15-17-28(32-2)27(30)19-24/h3-4,15,17,19-23,25-26H,5-14,16,18H2,1-2H3/b4-3+. The first kappa shape index (κ1) is 24.3. The lowest BCUT2D eigenvalue weighted by atomic mass is 9.59. The molecule has 0 radical (unpaired) electrons. The van der Waals surface area contributed by atoms with Crippen molar-refractivity contribution in [2.24, 2.45) is 35.5 Å². The molecule has 1 aromatic carbocycles. The molecule has 3 aliphatic rings. The van der Waals surface area contributed by atoms with Gasteiger partial charge in [-0.05, 0) is 100 Å². The highest BCUT2D eigenvalue weighted by Crippen LogP contribution is 2.50. The van der Waals surface area contributed by atoms with Crippen LogP contribution in [-0.2, 0) is 4.79 Å². The number of halogens is 1. The maximum atomic E-state index is 14.0. The van der Waals surface area contributed by atoms with Gasteiger partial charge in [0.05, 0.1) is 13.0 Å². The summed E-state index contributed by atoms with van der Waals surface area (Å²) in [5.41, 5.74) is 0. The highest BCUT2D eigenvalue weighted by molar-refractivity contribution is 5.75. The van der Waals surface area contributed by atoms with Crippen LogP contribution in [0.2, 0.25) is 0 Å². The average Bonchev–Trinajstić information content (AvgIpc) is 2.84. The molecule has 0 spiro atoms. The van der Waals surface area contributed by atoms with E-state index in [0.717, 1.165) is 37.0 Å². The van der Waals surface area contributed by atoms with Gasteiger partial charge >= 0.3 is 5.97 Å². The van der Waals surface area contributed by atoms with Gasteiger partial charge in [0.25, 0.3) is 0 Å². The molecule has 3 saturated carbocycles. The first-order chi connectivity index (χ1) is 16.1. The Morgan fingerprint density at radius 3 is 2.55 bits per heavy atom. The van der Waals surface area contributed by atoms with Gasteiger partial charge in [0.1, 0.15) is 5.75 Å². The molecule has 3 nitrogen and oxygen atoms in total. The van der Waals surface area contributed by atoms with Crippen molar-refractivity contribution in [3.05, 3.63) is 36.2 Å². The third-order valence-electron chi connectivity index (χ3n) is 8.87. The van der Waals surface area contributed by atoms with E-state index in [1.807, 2.05) is 0 Å². The molecule has 3 aliphatic carbocycles. The van der Waals surface area contributed by atoms with E-state index >= 15 is 0 Å². The summed E-state index contributed by atoms with van der Waals surface area (Å²) in [5, 5.41) is 0. The molecule has 0 amide bonds. The zero-order valence-corrected chi connectivity index (χ0v) is 20.4. The molecular weight excluding hydrogens is 415 g/mol. The van der Waals surface area contributed by atoms with Gasteiger partial charge in [-0.25, -0.2) is 4.39 Å². The minimum absolute atomic E-state index is 0.0442. The molecule has 4 heteroatoms. The van der Waals surface area contributed by atoms with Crippen LogP contribution in [0.25, 0.3) is 0 Å². The highest BCUT2D eigenvalue weighted by atomic mass is 19.1. The van der Waals surface area contributed by atoms with E-state index in [1.165, 1.54) is 77.0 Å². The molecule has 4 atom stereocenters. The number of carbonyl (C=O) groups is 1. The van der Waals surface area contributed by atoms with Gasteiger partial charge < -0.3 is 9.47 Å². The van der Waals surface area contributed by atoms with Crippen LogP contribution in [0, 0.1) is 41.3 Å². The summed E-state index contributed by atoms with van der Waals surface area (Å²) in [7, 11) is 1.43. The third-order valence-corrected chi connectivity index (χ3v) is 8.87. The first-order valence-corrected chi connectivity index (χ1v) is 13.3. The molecule has 0 heterocycles. The van der Waals surface area contributed by atoms with Gasteiger partial charge in [-0.2, -0.15) is 0 Å². The summed E-state index contributed by atoms with van der Waals surface area (Å²) < 4.78 is 24.6. The molecule has 0 saturated heterocycles. The van der Waals surface area contributed by atoms with Crippen LogP contribution in [0.15, 0.2) is 30.4 Å². The van der Waals surface area contributed by atoms with Crippen molar-refractivity contribution in [1.82, 2.24) is 0 Å². The Labute approximate surface area is 199 Å². The van der Waals surface area contributed by atoms with E-state index in [0.29, 0.717) is 11.8 Å². The van der Waals surface area contributed by atoms with Gasteiger partial charge in [0, 0.05) is 6.07 Å². The predicted molar refractivity (Wildman–Crippen MR) is 130 cm³/mol. The molecule has 1 aromatic rings. The Morgan fingerprint density at radius 1 is 1.03 bits per heavy atom. The first-order valence-electron chi connectivity index (χ1n) is 13.3. The second-order valence-electron chi connectivity index (χ2n) is 10.7. The van der Waals surface area contributed by atoms with Crippen molar-refractivity contribution in [1.29, 1.82) is 0 Å². The Morgan fingerprint density at radius 2 is 1.82 bits per heavy atom. The van der Waals surface area contributed by atoms with Crippen molar-refractivity contribution in [3.8, 4) is 11.5 Å². The van der Waals surface area contributed by atoms with E-state index in [9.17, 15) is 9.18 Å². The average molecular weight is 457 g/mol. The van der Waals surface area contributed by atoms with Crippen LogP contribution in [0.4, 0.5) is 4.39 Å². The largest absolute Gasteiger partial charge is 0.494 e. The van der Waals surface area contributed by atoms with Gasteiger partial charge in [-0.15, -0.1) is 0 Å². The van der Waals surface area contributed by atoms with Crippen LogP contribution in [-0.4, -0.2) is 13.1 Å². The molecule has 4 unspecified atom stereocenters. The maximum Gasteiger partial charge on any atom is 0.314 e. The van der Waals surface area contributed by atoms with Crippen molar-refractivity contribution in [3.63, 3.8) is 0 Å². The van der Waals surface area contributed by atoms with E-state index in [4.69, 9.17) is 9.47 Å². The quantitative estimate of drug-likeness (QED) is 0.239. The van der Waals surface area contributed by atoms with Gasteiger partial charge in [-0.3, -0.25) is 4.79 Å². The number of esters is 1. The van der Waals surface area contributed by atoms with E-state index in [-0.39, 0.29) is 23.4 Å². The molecule has 3 fully saturated rings. The highest BCUT2D eigenvalue weighted by Gasteiger charge is 2.43. The van der Waals surface area contributed by atoms with Crippen molar-refractivity contribution < 1.29 is 18.7 Å². The van der Waals surface area contributed by atoms with Crippen LogP contribution in [0.5, 0.6) is 11.5 Å². The number of methoxy groups -OCH3 is 1. The van der Waals surface area contributed by atoms with Crippen LogP contribution in [0.1, 0.15) is 84.0 Å². The summed E-state index contributed by atoms with van der Waals surface area (Å²) in [6.45, 7) is 2.11. The SMILES string of the molecule is C/C=C/CCC1CCC(C2CCC3C(CCCC3C(=O)Oc3ccc(OC)c(F)c3)C2)CC1. The van der Waals surface area contributed by atoms with Crippen LogP contribution < -0.4 is 9.47 Å².